The first-order valence-corrected chi connectivity index (χ1v) is 4.50. The van der Waals surface area contributed by atoms with Gasteiger partial charge in [0.25, 0.3) is 0 Å². The maximum absolute atomic E-state index is 10.8. The predicted octanol–water partition coefficient (Wildman–Crippen LogP) is 1.06. The van der Waals surface area contributed by atoms with Crippen LogP contribution in [0.25, 0.3) is 0 Å². The second kappa shape index (κ2) is 5.36. The summed E-state index contributed by atoms with van der Waals surface area (Å²) in [4.78, 5) is 10.8. The number of hydrogen-bond donors (Lipinski definition) is 4. The summed E-state index contributed by atoms with van der Waals surface area (Å²) in [6.07, 6.45) is 1.63. The fourth-order valence-electron chi connectivity index (χ4n) is 1.07. The minimum absolute atomic E-state index is 0.102. The Morgan fingerprint density at radius 3 is 2.19 bits per heavy atom. The number of guanidine groups is 1. The summed E-state index contributed by atoms with van der Waals surface area (Å²) < 4.78 is 0. The zero-order chi connectivity index (χ0) is 12.0. The lowest BCUT2D eigenvalue weighted by atomic mass is 10.3. The standard InChI is InChI=1S/C10H11N5O/c1-7(16)14-8-2-4-9(5-3-8)15-10(12)13-6-11/h2-5H,1H3,(H,14,16)(H3,12,13,15). The van der Waals surface area contributed by atoms with Gasteiger partial charge in [-0.05, 0) is 24.3 Å². The van der Waals surface area contributed by atoms with E-state index in [1.165, 1.54) is 6.92 Å². The lowest BCUT2D eigenvalue weighted by Crippen LogP contribution is -2.24. The lowest BCUT2D eigenvalue weighted by Gasteiger charge is -2.06. The number of nitrogens with one attached hydrogen (secondary N) is 4. The molecule has 0 spiro atoms. The van der Waals surface area contributed by atoms with Gasteiger partial charge in [0.05, 0.1) is 0 Å². The van der Waals surface area contributed by atoms with Crippen molar-refractivity contribution in [3.63, 3.8) is 0 Å². The molecule has 0 saturated heterocycles. The molecule has 0 radical (unpaired) electrons. The summed E-state index contributed by atoms with van der Waals surface area (Å²) in [6, 6.07) is 6.78. The van der Waals surface area contributed by atoms with Crippen LogP contribution >= 0.6 is 0 Å². The zero-order valence-corrected chi connectivity index (χ0v) is 8.66. The number of benzene rings is 1. The fourth-order valence-corrected chi connectivity index (χ4v) is 1.07. The highest BCUT2D eigenvalue weighted by molar-refractivity contribution is 5.93. The molecule has 0 aliphatic rings. The Balaban J connectivity index is 2.61. The molecule has 82 valence electrons. The van der Waals surface area contributed by atoms with Crippen molar-refractivity contribution in [1.29, 1.82) is 10.7 Å². The third-order valence-electron chi connectivity index (χ3n) is 1.66. The molecule has 6 heteroatoms. The Morgan fingerprint density at radius 1 is 1.25 bits per heavy atom. The first kappa shape index (κ1) is 11.5. The van der Waals surface area contributed by atoms with Crippen LogP contribution in [-0.4, -0.2) is 11.9 Å². The monoisotopic (exact) mass is 217 g/mol. The normalized spacial score (nSPS) is 8.75. The van der Waals surface area contributed by atoms with Gasteiger partial charge in [-0.25, -0.2) is 0 Å². The number of anilines is 2. The van der Waals surface area contributed by atoms with Crippen LogP contribution in [0.4, 0.5) is 11.4 Å². The first-order chi connectivity index (χ1) is 7.61. The Morgan fingerprint density at radius 2 is 1.75 bits per heavy atom. The Hall–Kier alpha value is -2.55. The van der Waals surface area contributed by atoms with Crippen LogP contribution < -0.4 is 16.0 Å². The van der Waals surface area contributed by atoms with Gasteiger partial charge in [-0.2, -0.15) is 5.26 Å². The van der Waals surface area contributed by atoms with Crippen molar-refractivity contribution in [3.8, 4) is 6.19 Å². The number of rotatable bonds is 2. The van der Waals surface area contributed by atoms with Crippen LogP contribution in [0.2, 0.25) is 0 Å². The molecule has 1 rings (SSSR count). The minimum Gasteiger partial charge on any atom is -0.326 e. The van der Waals surface area contributed by atoms with Gasteiger partial charge in [0.15, 0.2) is 6.19 Å². The van der Waals surface area contributed by atoms with E-state index in [9.17, 15) is 4.79 Å². The van der Waals surface area contributed by atoms with E-state index in [0.29, 0.717) is 11.4 Å². The molecule has 0 unspecified atom stereocenters. The first-order valence-electron chi connectivity index (χ1n) is 4.50. The van der Waals surface area contributed by atoms with Gasteiger partial charge < -0.3 is 10.6 Å². The summed E-state index contributed by atoms with van der Waals surface area (Å²) in [5.41, 5.74) is 1.33. The van der Waals surface area contributed by atoms with Crippen LogP contribution in [0, 0.1) is 16.9 Å². The topological polar surface area (TPSA) is 101 Å². The molecular formula is C10H11N5O. The maximum Gasteiger partial charge on any atom is 0.221 e. The second-order valence-corrected chi connectivity index (χ2v) is 3.00. The molecule has 0 atom stereocenters. The van der Waals surface area contributed by atoms with Crippen LogP contribution in [-0.2, 0) is 4.79 Å². The van der Waals surface area contributed by atoms with Crippen molar-refractivity contribution >= 4 is 23.2 Å². The van der Waals surface area contributed by atoms with E-state index in [1.54, 1.807) is 30.5 Å². The molecule has 0 heterocycles. The third-order valence-corrected chi connectivity index (χ3v) is 1.66. The predicted molar refractivity (Wildman–Crippen MR) is 60.8 cm³/mol. The van der Waals surface area contributed by atoms with Gasteiger partial charge in [-0.3, -0.25) is 15.5 Å². The number of nitriles is 1. The number of carbonyl (C=O) groups is 1. The zero-order valence-electron chi connectivity index (χ0n) is 8.66. The van der Waals surface area contributed by atoms with Crippen molar-refractivity contribution in [1.82, 2.24) is 5.32 Å². The highest BCUT2D eigenvalue weighted by Gasteiger charge is 1.98. The van der Waals surface area contributed by atoms with Crippen molar-refractivity contribution < 1.29 is 4.79 Å². The van der Waals surface area contributed by atoms with E-state index in [2.05, 4.69) is 16.0 Å². The number of hydrogen-bond acceptors (Lipinski definition) is 3. The Bertz CT molecular complexity index is 432. The van der Waals surface area contributed by atoms with E-state index in [1.807, 2.05) is 0 Å². The molecule has 0 aliphatic heterocycles. The summed E-state index contributed by atoms with van der Waals surface area (Å²) in [5, 5.41) is 23.0. The summed E-state index contributed by atoms with van der Waals surface area (Å²) in [6.45, 7) is 1.43. The molecule has 0 fully saturated rings. The van der Waals surface area contributed by atoms with Crippen molar-refractivity contribution in [2.45, 2.75) is 6.92 Å². The smallest absolute Gasteiger partial charge is 0.221 e. The van der Waals surface area contributed by atoms with Crippen LogP contribution in [0.15, 0.2) is 24.3 Å². The number of nitrogens with zero attached hydrogens (tertiary/aromatic N) is 1. The van der Waals surface area contributed by atoms with Gasteiger partial charge in [0.2, 0.25) is 11.9 Å². The molecule has 1 aromatic carbocycles. The quantitative estimate of drug-likeness (QED) is 0.257. The van der Waals surface area contributed by atoms with Gasteiger partial charge in [-0.1, -0.05) is 0 Å². The molecule has 0 bridgehead atoms. The lowest BCUT2D eigenvalue weighted by molar-refractivity contribution is -0.114. The Kier molecular flexibility index (Phi) is 3.86. The molecule has 0 aromatic heterocycles. The van der Waals surface area contributed by atoms with Crippen LogP contribution in [0.3, 0.4) is 0 Å². The maximum atomic E-state index is 10.8. The molecular weight excluding hydrogens is 206 g/mol. The number of amides is 1. The van der Waals surface area contributed by atoms with Crippen LogP contribution in [0.5, 0.6) is 0 Å². The second-order valence-electron chi connectivity index (χ2n) is 3.00. The van der Waals surface area contributed by atoms with Gasteiger partial charge in [-0.15, -0.1) is 0 Å². The Labute approximate surface area is 92.8 Å². The van der Waals surface area contributed by atoms with E-state index in [4.69, 9.17) is 10.7 Å². The van der Waals surface area contributed by atoms with E-state index < -0.39 is 0 Å². The average molecular weight is 217 g/mol. The van der Waals surface area contributed by atoms with E-state index in [0.717, 1.165) is 0 Å². The molecule has 1 amide bonds. The highest BCUT2D eigenvalue weighted by Crippen LogP contribution is 2.12. The van der Waals surface area contributed by atoms with E-state index in [-0.39, 0.29) is 11.9 Å². The minimum atomic E-state index is -0.139. The van der Waals surface area contributed by atoms with Crippen molar-refractivity contribution in [2.75, 3.05) is 10.6 Å². The molecule has 6 nitrogen and oxygen atoms in total. The molecule has 0 saturated carbocycles. The van der Waals surface area contributed by atoms with Crippen LogP contribution in [0.1, 0.15) is 6.92 Å². The SMILES string of the molecule is CC(=O)Nc1ccc(NC(=N)NC#N)cc1. The molecule has 16 heavy (non-hydrogen) atoms. The molecule has 4 N–H and O–H groups in total. The highest BCUT2D eigenvalue weighted by atomic mass is 16.1. The van der Waals surface area contributed by atoms with Gasteiger partial charge in [0.1, 0.15) is 0 Å². The summed E-state index contributed by atoms with van der Waals surface area (Å²) in [5.74, 6) is -0.241. The molecule has 0 aliphatic carbocycles. The fraction of sp³-hybridized carbons (Fsp3) is 0.100. The largest absolute Gasteiger partial charge is 0.326 e. The van der Waals surface area contributed by atoms with E-state index >= 15 is 0 Å². The van der Waals surface area contributed by atoms with Gasteiger partial charge >= 0.3 is 0 Å². The molecule has 1 aromatic rings. The summed E-state index contributed by atoms with van der Waals surface area (Å²) in [7, 11) is 0. The van der Waals surface area contributed by atoms with Gasteiger partial charge in [0, 0.05) is 18.3 Å². The van der Waals surface area contributed by atoms with Crippen molar-refractivity contribution in [2.24, 2.45) is 0 Å². The summed E-state index contributed by atoms with van der Waals surface area (Å²) >= 11 is 0. The third kappa shape index (κ3) is 3.67. The average Bonchev–Trinajstić information content (AvgIpc) is 2.20. The van der Waals surface area contributed by atoms with Crippen molar-refractivity contribution in [3.05, 3.63) is 24.3 Å². The number of carbonyl (C=O) groups excluding carboxylic acids is 1.